The molecule has 1 fully saturated rings. The van der Waals surface area contributed by atoms with Crippen molar-refractivity contribution in [2.75, 3.05) is 11.9 Å². The molecule has 16 nitrogen and oxygen atoms in total. The SMILES string of the molecule is CC[C@@]1(O)C(=O)OCc2c1cc1n(c2=O)Cc2c-1nc1ccc(NC(=O)[C@H](C)NC(=O)[C@@H](NC(=O)Cc3cc4sc(S(=O)(=O)C5CC5)nc4cc3F)C(C)C)c3c1c2CCO3. The van der Waals surface area contributed by atoms with Crippen LogP contribution in [-0.4, -0.2) is 75.7 Å². The third-order valence-corrected chi connectivity index (χ3v) is 15.6. The summed E-state index contributed by atoms with van der Waals surface area (Å²) in [7, 11) is -3.58. The predicted molar refractivity (Wildman–Crippen MR) is 220 cm³/mol. The number of carbonyl (C=O) groups is 4. The Morgan fingerprint density at radius 3 is 2.51 bits per heavy atom. The zero-order valence-electron chi connectivity index (χ0n) is 33.5. The zero-order chi connectivity index (χ0) is 43.3. The van der Waals surface area contributed by atoms with Gasteiger partial charge in [0, 0.05) is 29.0 Å². The van der Waals surface area contributed by atoms with Crippen molar-refractivity contribution in [3.8, 4) is 17.1 Å². The van der Waals surface area contributed by atoms with Crippen molar-refractivity contribution in [1.29, 1.82) is 0 Å². The molecule has 1 aliphatic carbocycles. The molecule has 0 saturated heterocycles. The minimum atomic E-state index is -3.58. The molecule has 5 aromatic rings. The number of hydrogen-bond donors (Lipinski definition) is 4. The van der Waals surface area contributed by atoms with Crippen molar-refractivity contribution < 1.29 is 46.6 Å². The fourth-order valence-corrected chi connectivity index (χ4v) is 11.5. The second kappa shape index (κ2) is 14.7. The van der Waals surface area contributed by atoms with Crippen molar-refractivity contribution in [2.45, 2.75) is 100 Å². The Hall–Kier alpha value is -5.79. The van der Waals surface area contributed by atoms with Crippen molar-refractivity contribution in [1.82, 2.24) is 25.2 Å². The van der Waals surface area contributed by atoms with Gasteiger partial charge in [-0.1, -0.05) is 20.8 Å². The highest BCUT2D eigenvalue weighted by Gasteiger charge is 2.46. The van der Waals surface area contributed by atoms with Crippen molar-refractivity contribution in [2.24, 2.45) is 5.92 Å². The number of esters is 1. The van der Waals surface area contributed by atoms with Gasteiger partial charge in [-0.2, -0.15) is 0 Å². The molecule has 2 aromatic carbocycles. The lowest BCUT2D eigenvalue weighted by atomic mass is 9.86. The highest BCUT2D eigenvalue weighted by atomic mass is 32.2. The number of benzene rings is 2. The maximum Gasteiger partial charge on any atom is 0.343 e. The number of pyridine rings is 2. The number of sulfone groups is 1. The van der Waals surface area contributed by atoms with Crippen LogP contribution < -0.4 is 26.2 Å². The number of carbonyl (C=O) groups excluding carboxylic acids is 4. The molecule has 19 heteroatoms. The molecular formula is C42H41FN6O10S2. The Balaban J connectivity index is 0.904. The molecule has 6 heterocycles. The number of fused-ring (bicyclic) bond motifs is 6. The molecule has 3 atom stereocenters. The third kappa shape index (κ3) is 6.73. The van der Waals surface area contributed by atoms with Crippen LogP contribution in [0.3, 0.4) is 0 Å². The lowest BCUT2D eigenvalue weighted by molar-refractivity contribution is -0.172. The van der Waals surface area contributed by atoms with Gasteiger partial charge >= 0.3 is 5.97 Å². The summed E-state index contributed by atoms with van der Waals surface area (Å²) in [5, 5.41) is 19.6. The standard InChI is InChI=1S/C42H41FN6O10S2/c1-5-42(55)25-14-30-35-23(16-49(30)39(53)24(25)17-59-40(42)54)22-10-11-58-36-28(9-8-27(45-35)33(22)36)46-37(51)19(4)44-38(52)34(18(2)3)48-32(50)13-20-12-31-29(15-26(20)43)47-41(60-31)61(56,57)21-6-7-21/h8-9,12,14-15,18-19,21,34,55H,5-7,10-11,13,16-17H2,1-4H3,(H,44,52)(H,46,51)(H,48,50)/t19-,34-,42-/m0/s1. The van der Waals surface area contributed by atoms with Crippen LogP contribution in [0.25, 0.3) is 32.5 Å². The summed E-state index contributed by atoms with van der Waals surface area (Å²) >= 11 is 0.929. The summed E-state index contributed by atoms with van der Waals surface area (Å²) in [6.45, 7) is 6.77. The first-order chi connectivity index (χ1) is 29.0. The number of ether oxygens (including phenoxy) is 2. The quantitative estimate of drug-likeness (QED) is 0.137. The Morgan fingerprint density at radius 1 is 1.02 bits per heavy atom. The van der Waals surface area contributed by atoms with E-state index in [0.717, 1.165) is 28.5 Å². The average molecular weight is 873 g/mol. The molecule has 0 unspecified atom stereocenters. The molecule has 3 aromatic heterocycles. The number of hydrogen-bond acceptors (Lipinski definition) is 13. The first-order valence-corrected chi connectivity index (χ1v) is 22.4. The Labute approximate surface area is 351 Å². The Kier molecular flexibility index (Phi) is 9.78. The minimum absolute atomic E-state index is 0.0132. The van der Waals surface area contributed by atoms with Gasteiger partial charge in [-0.25, -0.2) is 27.6 Å². The Bertz CT molecular complexity index is 2940. The lowest BCUT2D eigenvalue weighted by Crippen LogP contribution is -2.54. The molecule has 318 valence electrons. The summed E-state index contributed by atoms with van der Waals surface area (Å²) in [4.78, 5) is 75.7. The summed E-state index contributed by atoms with van der Waals surface area (Å²) in [6.07, 6.45) is 1.21. The number of halogens is 1. The lowest BCUT2D eigenvalue weighted by Gasteiger charge is -2.31. The number of aliphatic hydroxyl groups is 1. The van der Waals surface area contributed by atoms with E-state index in [1.165, 1.54) is 13.0 Å². The number of cyclic esters (lactones) is 1. The summed E-state index contributed by atoms with van der Waals surface area (Å²) < 4.78 is 53.7. The number of nitrogens with zero attached hydrogens (tertiary/aromatic N) is 3. The van der Waals surface area contributed by atoms with Crippen molar-refractivity contribution in [3.63, 3.8) is 0 Å². The molecular weight excluding hydrogens is 832 g/mol. The van der Waals surface area contributed by atoms with E-state index in [9.17, 15) is 37.5 Å². The Morgan fingerprint density at radius 2 is 1.79 bits per heavy atom. The van der Waals surface area contributed by atoms with Gasteiger partial charge in [0.1, 0.15) is 24.5 Å². The molecule has 9 rings (SSSR count). The maximum absolute atomic E-state index is 15.1. The van der Waals surface area contributed by atoms with Crippen LogP contribution >= 0.6 is 11.3 Å². The van der Waals surface area contributed by atoms with E-state index in [4.69, 9.17) is 14.5 Å². The van der Waals surface area contributed by atoms with Gasteiger partial charge in [0.15, 0.2) is 11.4 Å². The molecule has 1 saturated carbocycles. The largest absolute Gasteiger partial charge is 0.490 e. The van der Waals surface area contributed by atoms with E-state index >= 15 is 4.39 Å². The summed E-state index contributed by atoms with van der Waals surface area (Å²) in [6, 6.07) is 5.35. The van der Waals surface area contributed by atoms with E-state index in [-0.39, 0.29) is 58.3 Å². The number of rotatable bonds is 11. The van der Waals surface area contributed by atoms with Gasteiger partial charge in [0.25, 0.3) is 5.56 Å². The highest BCUT2D eigenvalue weighted by Crippen LogP contribution is 2.45. The van der Waals surface area contributed by atoms with Crippen molar-refractivity contribution >= 4 is 71.7 Å². The van der Waals surface area contributed by atoms with E-state index in [1.54, 1.807) is 43.5 Å². The second-order valence-electron chi connectivity index (χ2n) is 16.3. The second-order valence-corrected chi connectivity index (χ2v) is 19.7. The van der Waals surface area contributed by atoms with Gasteiger partial charge in [-0.05, 0) is 67.5 Å². The molecule has 0 spiro atoms. The smallest absolute Gasteiger partial charge is 0.343 e. The zero-order valence-corrected chi connectivity index (χ0v) is 35.1. The molecule has 0 radical (unpaired) electrons. The topological polar surface area (TPSA) is 225 Å². The number of nitrogens with one attached hydrogen (secondary N) is 3. The van der Waals surface area contributed by atoms with E-state index in [2.05, 4.69) is 20.9 Å². The first-order valence-electron chi connectivity index (χ1n) is 20.0. The number of aromatic nitrogens is 3. The molecule has 61 heavy (non-hydrogen) atoms. The molecule has 0 bridgehead atoms. The van der Waals surface area contributed by atoms with Gasteiger partial charge in [0.05, 0.1) is 63.2 Å². The minimum Gasteiger partial charge on any atom is -0.490 e. The highest BCUT2D eigenvalue weighted by molar-refractivity contribution is 7.94. The molecule has 4 N–H and O–H groups in total. The van der Waals surface area contributed by atoms with Crippen LogP contribution in [0.2, 0.25) is 0 Å². The maximum atomic E-state index is 15.1. The van der Waals surface area contributed by atoms with Gasteiger partial charge in [0.2, 0.25) is 31.9 Å². The van der Waals surface area contributed by atoms with Crippen LogP contribution in [0.5, 0.6) is 5.75 Å². The van der Waals surface area contributed by atoms with Crippen LogP contribution in [0.1, 0.15) is 74.8 Å². The van der Waals surface area contributed by atoms with Crippen molar-refractivity contribution in [3.05, 3.63) is 74.3 Å². The fourth-order valence-electron chi connectivity index (χ4n) is 8.30. The van der Waals surface area contributed by atoms with Gasteiger partial charge < -0.3 is 35.1 Å². The van der Waals surface area contributed by atoms with Gasteiger partial charge in [-0.3, -0.25) is 19.2 Å². The van der Waals surface area contributed by atoms with E-state index < -0.39 is 74.6 Å². The predicted octanol–water partition coefficient (Wildman–Crippen LogP) is 3.53. The fraction of sp³-hybridized carbons (Fsp3) is 0.405. The monoisotopic (exact) mass is 872 g/mol. The summed E-state index contributed by atoms with van der Waals surface area (Å²) in [5.41, 5.74) is 1.87. The molecule has 3 aliphatic heterocycles. The van der Waals surface area contributed by atoms with Crippen LogP contribution in [0.15, 0.2) is 39.5 Å². The normalized spacial score (nSPS) is 18.8. The molecule has 4 aliphatic rings. The van der Waals surface area contributed by atoms with Crippen LogP contribution in [-0.2, 0) is 65.3 Å². The number of anilines is 1. The van der Waals surface area contributed by atoms with Crippen LogP contribution in [0.4, 0.5) is 10.1 Å². The van der Waals surface area contributed by atoms with E-state index in [0.29, 0.717) is 57.7 Å². The third-order valence-electron chi connectivity index (χ3n) is 11.9. The molecule has 3 amide bonds. The summed E-state index contributed by atoms with van der Waals surface area (Å²) in [5.74, 6) is -3.45. The number of amides is 3. The number of thiazole rings is 1. The van der Waals surface area contributed by atoms with Gasteiger partial charge in [-0.15, -0.1) is 11.3 Å². The van der Waals surface area contributed by atoms with E-state index in [1.807, 2.05) is 0 Å². The first kappa shape index (κ1) is 40.6. The van der Waals surface area contributed by atoms with Crippen LogP contribution in [0, 0.1) is 11.7 Å². The average Bonchev–Trinajstić information content (AvgIpc) is 3.92.